The summed E-state index contributed by atoms with van der Waals surface area (Å²) in [4.78, 5) is 32.2. The zero-order valence-electron chi connectivity index (χ0n) is 20.1. The first-order valence-corrected chi connectivity index (χ1v) is 12.4. The molecule has 2 amide bonds. The summed E-state index contributed by atoms with van der Waals surface area (Å²) >= 11 is 0. The zero-order valence-corrected chi connectivity index (χ0v) is 20.1. The van der Waals surface area contributed by atoms with Crippen LogP contribution >= 0.6 is 0 Å². The van der Waals surface area contributed by atoms with Crippen molar-refractivity contribution in [3.63, 3.8) is 0 Å². The quantitative estimate of drug-likeness (QED) is 0.590. The number of fused-ring (bicyclic) bond motifs is 1. The molecule has 1 saturated heterocycles. The number of hydrogen-bond acceptors (Lipinski definition) is 4. The van der Waals surface area contributed by atoms with Gasteiger partial charge in [0.25, 0.3) is 5.91 Å². The van der Waals surface area contributed by atoms with E-state index in [4.69, 9.17) is 4.74 Å². The van der Waals surface area contributed by atoms with Crippen LogP contribution in [0, 0.1) is 5.92 Å². The molecule has 182 valence electrons. The van der Waals surface area contributed by atoms with Gasteiger partial charge in [0.05, 0.1) is 25.2 Å². The Labute approximate surface area is 206 Å². The Morgan fingerprint density at radius 3 is 2.46 bits per heavy atom. The molecule has 7 heteroatoms. The third kappa shape index (κ3) is 5.15. The molecule has 5 rings (SSSR count). The van der Waals surface area contributed by atoms with Gasteiger partial charge in [-0.15, -0.1) is 0 Å². The van der Waals surface area contributed by atoms with E-state index in [2.05, 4.69) is 41.5 Å². The van der Waals surface area contributed by atoms with Crippen molar-refractivity contribution in [1.82, 2.24) is 19.8 Å². The van der Waals surface area contributed by atoms with Crippen molar-refractivity contribution in [1.29, 1.82) is 0 Å². The molecule has 0 aliphatic carbocycles. The van der Waals surface area contributed by atoms with Gasteiger partial charge < -0.3 is 19.5 Å². The highest BCUT2D eigenvalue weighted by Gasteiger charge is 2.32. The lowest BCUT2D eigenvalue weighted by Crippen LogP contribution is -2.44. The lowest BCUT2D eigenvalue weighted by atomic mass is 9.95. The maximum Gasteiger partial charge on any atom is 0.274 e. The average molecular weight is 473 g/mol. The summed E-state index contributed by atoms with van der Waals surface area (Å²) in [7, 11) is 0. The van der Waals surface area contributed by atoms with Gasteiger partial charge in [-0.1, -0.05) is 67.6 Å². The summed E-state index contributed by atoms with van der Waals surface area (Å²) in [5, 5.41) is 3.11. The minimum absolute atomic E-state index is 0.0419. The van der Waals surface area contributed by atoms with E-state index in [1.807, 2.05) is 45.9 Å². The second-order valence-electron chi connectivity index (χ2n) is 9.53. The van der Waals surface area contributed by atoms with Crippen molar-refractivity contribution < 1.29 is 14.3 Å². The summed E-state index contributed by atoms with van der Waals surface area (Å²) in [5.41, 5.74) is 3.64. The molecule has 1 N–H and O–H groups in total. The molecule has 7 nitrogen and oxygen atoms in total. The van der Waals surface area contributed by atoms with Crippen LogP contribution in [-0.4, -0.2) is 45.9 Å². The first-order chi connectivity index (χ1) is 17.1. The van der Waals surface area contributed by atoms with E-state index < -0.39 is 0 Å². The largest absolute Gasteiger partial charge is 0.365 e. The van der Waals surface area contributed by atoms with Crippen molar-refractivity contribution in [2.75, 3.05) is 19.6 Å². The van der Waals surface area contributed by atoms with Crippen molar-refractivity contribution in [3.05, 3.63) is 89.5 Å². The van der Waals surface area contributed by atoms with Crippen LogP contribution in [0.15, 0.2) is 67.0 Å². The Kier molecular flexibility index (Phi) is 6.95. The molecule has 1 aromatic heterocycles. The first kappa shape index (κ1) is 23.3. The molecule has 1 fully saturated rings. The number of ether oxygens (including phenoxy) is 1. The third-order valence-corrected chi connectivity index (χ3v) is 7.21. The number of hydrogen-bond donors (Lipinski definition) is 1. The van der Waals surface area contributed by atoms with E-state index in [-0.39, 0.29) is 29.8 Å². The Bertz CT molecular complexity index is 1150. The van der Waals surface area contributed by atoms with Gasteiger partial charge in [0.15, 0.2) is 5.69 Å². The van der Waals surface area contributed by atoms with Gasteiger partial charge in [-0.25, -0.2) is 4.98 Å². The molecule has 0 spiro atoms. The molecule has 2 aliphatic heterocycles. The van der Waals surface area contributed by atoms with E-state index in [1.165, 1.54) is 5.56 Å². The maximum atomic E-state index is 13.2. The highest BCUT2D eigenvalue weighted by atomic mass is 16.5. The Hall–Kier alpha value is -3.45. The molecule has 2 atom stereocenters. The fourth-order valence-corrected chi connectivity index (χ4v) is 4.97. The number of aromatic nitrogens is 2. The van der Waals surface area contributed by atoms with Crippen molar-refractivity contribution in [2.45, 2.75) is 44.9 Å². The molecule has 3 aromatic rings. The predicted octanol–water partition coefficient (Wildman–Crippen LogP) is 3.93. The number of nitrogens with zero attached hydrogens (tertiary/aromatic N) is 3. The highest BCUT2D eigenvalue weighted by molar-refractivity contribution is 5.93. The van der Waals surface area contributed by atoms with Gasteiger partial charge in [0.1, 0.15) is 6.10 Å². The SMILES string of the molecule is C[C@@H](CNC(=O)C1CCN(C(=O)c2ncn3c2CO[C@@H](c2ccccc2)C3)CC1)c1ccccc1. The third-order valence-electron chi connectivity index (χ3n) is 7.21. The van der Waals surface area contributed by atoms with E-state index in [9.17, 15) is 9.59 Å². The van der Waals surface area contributed by atoms with E-state index in [1.54, 1.807) is 6.33 Å². The number of carbonyl (C=O) groups excluding carboxylic acids is 2. The second-order valence-corrected chi connectivity index (χ2v) is 9.53. The monoisotopic (exact) mass is 472 g/mol. The molecule has 3 heterocycles. The maximum absolute atomic E-state index is 13.2. The van der Waals surface area contributed by atoms with Crippen molar-refractivity contribution in [2.24, 2.45) is 5.92 Å². The van der Waals surface area contributed by atoms with Crippen LogP contribution in [0.1, 0.15) is 59.1 Å². The number of benzene rings is 2. The Morgan fingerprint density at radius 2 is 1.74 bits per heavy atom. The number of piperidine rings is 1. The van der Waals surface area contributed by atoms with Gasteiger partial charge >= 0.3 is 0 Å². The van der Waals surface area contributed by atoms with E-state index in [0.29, 0.717) is 51.3 Å². The minimum atomic E-state index is -0.0722. The number of amides is 2. The van der Waals surface area contributed by atoms with E-state index >= 15 is 0 Å². The Morgan fingerprint density at radius 1 is 1.06 bits per heavy atom. The lowest BCUT2D eigenvalue weighted by Gasteiger charge is -2.32. The van der Waals surface area contributed by atoms with Crippen LogP contribution in [0.5, 0.6) is 0 Å². The van der Waals surface area contributed by atoms with Gasteiger partial charge in [0, 0.05) is 25.6 Å². The molecule has 2 aromatic carbocycles. The molecule has 0 saturated carbocycles. The number of likely N-dealkylation sites (tertiary alicyclic amines) is 1. The van der Waals surface area contributed by atoms with Crippen molar-refractivity contribution in [3.8, 4) is 0 Å². The van der Waals surface area contributed by atoms with Gasteiger partial charge in [0.2, 0.25) is 5.91 Å². The van der Waals surface area contributed by atoms with Crippen LogP contribution < -0.4 is 5.32 Å². The molecular weight excluding hydrogens is 440 g/mol. The summed E-state index contributed by atoms with van der Waals surface area (Å²) < 4.78 is 8.10. The molecule has 2 aliphatic rings. The predicted molar refractivity (Wildman–Crippen MR) is 133 cm³/mol. The van der Waals surface area contributed by atoms with Crippen LogP contribution in [0.3, 0.4) is 0 Å². The molecule has 0 bridgehead atoms. The average Bonchev–Trinajstić information content (AvgIpc) is 3.35. The van der Waals surface area contributed by atoms with Crippen LogP contribution in [0.2, 0.25) is 0 Å². The fourth-order valence-electron chi connectivity index (χ4n) is 4.97. The summed E-state index contributed by atoms with van der Waals surface area (Å²) in [5.74, 6) is 0.210. The second kappa shape index (κ2) is 10.4. The lowest BCUT2D eigenvalue weighted by molar-refractivity contribution is -0.126. The number of rotatable bonds is 6. The fraction of sp³-hybridized carbons (Fsp3) is 0.393. The van der Waals surface area contributed by atoms with Gasteiger partial charge in [-0.2, -0.15) is 0 Å². The topological polar surface area (TPSA) is 76.5 Å². The number of nitrogens with one attached hydrogen (secondary N) is 1. The normalized spacial score (nSPS) is 19.1. The highest BCUT2D eigenvalue weighted by Crippen LogP contribution is 2.29. The molecule has 0 radical (unpaired) electrons. The molecule has 0 unspecified atom stereocenters. The van der Waals surface area contributed by atoms with Crippen molar-refractivity contribution >= 4 is 11.8 Å². The standard InChI is InChI=1S/C28H32N4O3/c1-20(21-8-4-2-5-9-21)16-29-27(33)23-12-14-31(15-13-23)28(34)26-24-18-35-25(17-32(24)19-30-26)22-10-6-3-7-11-22/h2-11,19-20,23,25H,12-18H2,1H3,(H,29,33)/t20-,25+/m0/s1. The number of imidazole rings is 1. The van der Waals surface area contributed by atoms with E-state index in [0.717, 1.165) is 11.3 Å². The Balaban J connectivity index is 1.13. The zero-order chi connectivity index (χ0) is 24.2. The van der Waals surface area contributed by atoms with Crippen LogP contribution in [0.25, 0.3) is 0 Å². The first-order valence-electron chi connectivity index (χ1n) is 12.4. The van der Waals surface area contributed by atoms with Crippen LogP contribution in [0.4, 0.5) is 0 Å². The summed E-state index contributed by atoms with van der Waals surface area (Å²) in [6.45, 7) is 4.86. The number of carbonyl (C=O) groups is 2. The van der Waals surface area contributed by atoms with Gasteiger partial charge in [-0.05, 0) is 29.9 Å². The molecule has 35 heavy (non-hydrogen) atoms. The summed E-state index contributed by atoms with van der Waals surface area (Å²) in [6.07, 6.45) is 3.04. The smallest absolute Gasteiger partial charge is 0.274 e. The summed E-state index contributed by atoms with van der Waals surface area (Å²) in [6, 6.07) is 20.3. The molecular formula is C28H32N4O3. The van der Waals surface area contributed by atoms with Gasteiger partial charge in [-0.3, -0.25) is 9.59 Å². The minimum Gasteiger partial charge on any atom is -0.365 e. The van der Waals surface area contributed by atoms with Crippen LogP contribution in [-0.2, 0) is 22.7 Å².